The SMILES string of the molecule is O=c1n(-c2ccccc2)c(=O)n2n1[C@@H]1C=C3[C@H](O)C[C@]32[C@H](O)[C@H]1O. The second-order valence-corrected chi connectivity index (χ2v) is 6.58. The zero-order valence-corrected chi connectivity index (χ0v) is 12.5. The Balaban J connectivity index is 1.86. The predicted octanol–water partition coefficient (Wildman–Crippen LogP) is -1.52. The topological polar surface area (TPSA) is 110 Å². The molecule has 124 valence electrons. The second-order valence-electron chi connectivity index (χ2n) is 6.58. The maximum atomic E-state index is 13.0. The number of benzene rings is 1. The number of fused-ring (bicyclic) bond motifs is 1. The van der Waals surface area contributed by atoms with Gasteiger partial charge in [0.1, 0.15) is 23.8 Å². The van der Waals surface area contributed by atoms with Gasteiger partial charge in [-0.2, -0.15) is 0 Å². The first-order valence-corrected chi connectivity index (χ1v) is 7.77. The van der Waals surface area contributed by atoms with E-state index in [1.54, 1.807) is 36.4 Å². The summed E-state index contributed by atoms with van der Waals surface area (Å²) in [6.45, 7) is 0. The summed E-state index contributed by atoms with van der Waals surface area (Å²) in [4.78, 5) is 25.8. The van der Waals surface area contributed by atoms with E-state index in [1.807, 2.05) is 0 Å². The fraction of sp³-hybridized carbons (Fsp3) is 0.375. The van der Waals surface area contributed by atoms with Gasteiger partial charge in [-0.25, -0.2) is 23.5 Å². The van der Waals surface area contributed by atoms with E-state index < -0.39 is 41.3 Å². The molecule has 1 saturated carbocycles. The molecule has 8 nitrogen and oxygen atoms in total. The minimum absolute atomic E-state index is 0.0852. The van der Waals surface area contributed by atoms with Gasteiger partial charge in [0.25, 0.3) is 0 Å². The van der Waals surface area contributed by atoms with E-state index in [9.17, 15) is 24.9 Å². The Kier molecular flexibility index (Phi) is 2.42. The number of para-hydroxylation sites is 1. The number of aliphatic hydroxyl groups excluding tert-OH is 3. The molecule has 4 aliphatic rings. The molecule has 6 rings (SSSR count). The zero-order chi connectivity index (χ0) is 16.8. The Hall–Kier alpha value is -2.42. The van der Waals surface area contributed by atoms with Crippen molar-refractivity contribution in [2.24, 2.45) is 0 Å². The van der Waals surface area contributed by atoms with Gasteiger partial charge in [-0.1, -0.05) is 24.3 Å². The van der Waals surface area contributed by atoms with Crippen molar-refractivity contribution in [3.8, 4) is 5.69 Å². The molecule has 8 heteroatoms. The van der Waals surface area contributed by atoms with Crippen molar-refractivity contribution in [2.45, 2.75) is 36.3 Å². The monoisotopic (exact) mass is 329 g/mol. The summed E-state index contributed by atoms with van der Waals surface area (Å²) < 4.78 is 3.44. The highest BCUT2D eigenvalue weighted by atomic mass is 16.3. The number of aromatic nitrogens is 3. The van der Waals surface area contributed by atoms with Crippen LogP contribution in [0.15, 0.2) is 51.6 Å². The number of nitrogens with zero attached hydrogens (tertiary/aromatic N) is 3. The van der Waals surface area contributed by atoms with Gasteiger partial charge < -0.3 is 15.3 Å². The van der Waals surface area contributed by atoms with Crippen molar-refractivity contribution in [3.05, 3.63) is 62.9 Å². The smallest absolute Gasteiger partial charge is 0.352 e. The Labute approximate surface area is 135 Å². The molecule has 1 fully saturated rings. The molecule has 0 saturated heterocycles. The van der Waals surface area contributed by atoms with Crippen molar-refractivity contribution >= 4 is 0 Å². The fourth-order valence-corrected chi connectivity index (χ4v) is 4.41. The lowest BCUT2D eigenvalue weighted by Gasteiger charge is -2.59. The number of hydrogen-bond donors (Lipinski definition) is 3. The third-order valence-corrected chi connectivity index (χ3v) is 5.53. The van der Waals surface area contributed by atoms with Gasteiger partial charge in [-0.05, 0) is 17.7 Å². The number of aliphatic hydroxyl groups is 3. The average molecular weight is 329 g/mol. The first-order valence-electron chi connectivity index (χ1n) is 7.77. The molecule has 0 unspecified atom stereocenters. The van der Waals surface area contributed by atoms with Crippen LogP contribution in [-0.2, 0) is 5.54 Å². The maximum absolute atomic E-state index is 13.0. The van der Waals surface area contributed by atoms with Crippen molar-refractivity contribution < 1.29 is 15.3 Å². The molecular weight excluding hydrogens is 314 g/mol. The summed E-state index contributed by atoms with van der Waals surface area (Å²) in [6, 6.07) is 7.63. The molecular formula is C16H15N3O5. The van der Waals surface area contributed by atoms with Crippen molar-refractivity contribution in [3.63, 3.8) is 0 Å². The van der Waals surface area contributed by atoms with Gasteiger partial charge in [0.15, 0.2) is 0 Å². The molecule has 0 amide bonds. The van der Waals surface area contributed by atoms with Gasteiger partial charge in [0, 0.05) is 6.42 Å². The van der Waals surface area contributed by atoms with Crippen LogP contribution in [0.2, 0.25) is 0 Å². The van der Waals surface area contributed by atoms with Crippen LogP contribution in [0, 0.1) is 0 Å². The van der Waals surface area contributed by atoms with Crippen molar-refractivity contribution in [2.75, 3.05) is 0 Å². The number of hydrogen-bond acceptors (Lipinski definition) is 5. The molecule has 2 aromatic rings. The average Bonchev–Trinajstić information content (AvgIpc) is 2.84. The largest absolute Gasteiger partial charge is 0.389 e. The lowest BCUT2D eigenvalue weighted by molar-refractivity contribution is -0.155. The first kappa shape index (κ1) is 14.0. The summed E-state index contributed by atoms with van der Waals surface area (Å²) in [5.74, 6) is 0. The third-order valence-electron chi connectivity index (χ3n) is 5.53. The molecule has 1 spiro atoms. The molecule has 2 aliphatic carbocycles. The van der Waals surface area contributed by atoms with E-state index >= 15 is 0 Å². The molecule has 2 aliphatic heterocycles. The third kappa shape index (κ3) is 1.28. The van der Waals surface area contributed by atoms with Gasteiger partial charge in [0.05, 0.1) is 11.8 Å². The minimum atomic E-state index is -1.25. The number of rotatable bonds is 1. The second kappa shape index (κ2) is 4.15. The van der Waals surface area contributed by atoms with Gasteiger partial charge in [-0.3, -0.25) is 0 Å². The Morgan fingerprint density at radius 2 is 1.75 bits per heavy atom. The van der Waals surface area contributed by atoms with Crippen LogP contribution in [0.5, 0.6) is 0 Å². The first-order chi connectivity index (χ1) is 11.5. The summed E-state index contributed by atoms with van der Waals surface area (Å²) in [5.41, 5.74) is -1.48. The van der Waals surface area contributed by atoms with E-state index in [4.69, 9.17) is 0 Å². The highest BCUT2D eigenvalue weighted by Gasteiger charge is 2.66. The molecule has 1 aromatic heterocycles. The van der Waals surface area contributed by atoms with Gasteiger partial charge in [-0.15, -0.1) is 0 Å². The molecule has 0 radical (unpaired) electrons. The van der Waals surface area contributed by atoms with E-state index in [1.165, 1.54) is 9.36 Å². The lowest BCUT2D eigenvalue weighted by Crippen LogP contribution is -2.73. The Bertz CT molecular complexity index is 1000. The van der Waals surface area contributed by atoms with Crippen LogP contribution in [0.3, 0.4) is 0 Å². The summed E-state index contributed by atoms with van der Waals surface area (Å²) >= 11 is 0. The van der Waals surface area contributed by atoms with Crippen LogP contribution >= 0.6 is 0 Å². The summed E-state index contributed by atoms with van der Waals surface area (Å²) in [5, 5.41) is 30.9. The molecule has 1 aromatic carbocycles. The summed E-state index contributed by atoms with van der Waals surface area (Å²) in [7, 11) is 0. The molecule has 5 atom stereocenters. The van der Waals surface area contributed by atoms with Gasteiger partial charge >= 0.3 is 11.4 Å². The standard InChI is InChI=1S/C16H15N3O5/c20-11-7-16-9(11)6-10(12(21)13(16)22)18-14(23)17(15(24)19(16)18)8-4-2-1-3-5-8/h1-6,10-13,20-22H,7H2/t10-,11-,12+,13-,16-/m1/s1. The highest BCUT2D eigenvalue weighted by Crippen LogP contribution is 2.55. The van der Waals surface area contributed by atoms with E-state index in [0.29, 0.717) is 11.3 Å². The van der Waals surface area contributed by atoms with Gasteiger partial charge in [0.2, 0.25) is 0 Å². The van der Waals surface area contributed by atoms with E-state index in [2.05, 4.69) is 0 Å². The highest BCUT2D eigenvalue weighted by molar-refractivity contribution is 5.42. The lowest BCUT2D eigenvalue weighted by atomic mass is 9.59. The zero-order valence-electron chi connectivity index (χ0n) is 12.5. The van der Waals surface area contributed by atoms with Crippen molar-refractivity contribution in [1.82, 2.24) is 13.9 Å². The molecule has 2 bridgehead atoms. The van der Waals surface area contributed by atoms with E-state index in [-0.39, 0.29) is 6.42 Å². The summed E-state index contributed by atoms with van der Waals surface area (Å²) in [6.07, 6.45) is -1.53. The predicted molar refractivity (Wildman–Crippen MR) is 82.0 cm³/mol. The normalized spacial score (nSPS) is 35.9. The van der Waals surface area contributed by atoms with Crippen LogP contribution in [0.25, 0.3) is 5.69 Å². The quantitative estimate of drug-likeness (QED) is 0.550. The van der Waals surface area contributed by atoms with Crippen LogP contribution in [0.4, 0.5) is 0 Å². The fourth-order valence-electron chi connectivity index (χ4n) is 4.41. The van der Waals surface area contributed by atoms with E-state index in [0.717, 1.165) is 4.57 Å². The van der Waals surface area contributed by atoms with Crippen molar-refractivity contribution in [1.29, 1.82) is 0 Å². The Morgan fingerprint density at radius 3 is 2.42 bits per heavy atom. The molecule has 3 heterocycles. The van der Waals surface area contributed by atoms with Crippen LogP contribution < -0.4 is 11.4 Å². The molecule has 24 heavy (non-hydrogen) atoms. The Morgan fingerprint density at radius 1 is 1.04 bits per heavy atom. The van der Waals surface area contributed by atoms with Crippen LogP contribution in [0.1, 0.15) is 12.5 Å². The maximum Gasteiger partial charge on any atom is 0.352 e. The minimum Gasteiger partial charge on any atom is -0.389 e. The molecule has 3 N–H and O–H groups in total. The van der Waals surface area contributed by atoms with Crippen LogP contribution in [-0.4, -0.2) is 47.6 Å².